The predicted octanol–water partition coefficient (Wildman–Crippen LogP) is 3.52. The fourth-order valence-corrected chi connectivity index (χ4v) is 2.00. The number of nitrogens with zero attached hydrogens (tertiary/aromatic N) is 1. The number of aliphatic hydroxyl groups excluding tert-OH is 1. The van der Waals surface area contributed by atoms with Gasteiger partial charge in [-0.15, -0.1) is 0 Å². The first-order valence-corrected chi connectivity index (χ1v) is 6.22. The third-order valence-corrected chi connectivity index (χ3v) is 3.08. The van der Waals surface area contributed by atoms with E-state index in [1.54, 1.807) is 43.5 Å². The van der Waals surface area contributed by atoms with Crippen molar-refractivity contribution in [3.05, 3.63) is 59.9 Å². The van der Waals surface area contributed by atoms with Crippen molar-refractivity contribution in [2.75, 3.05) is 0 Å². The summed E-state index contributed by atoms with van der Waals surface area (Å²) in [5, 5.41) is 10.4. The molecule has 20 heavy (non-hydrogen) atoms. The summed E-state index contributed by atoms with van der Waals surface area (Å²) in [6.45, 7) is -1.14. The van der Waals surface area contributed by atoms with Crippen LogP contribution in [0.25, 0.3) is 0 Å². The van der Waals surface area contributed by atoms with Crippen LogP contribution in [0.3, 0.4) is 0 Å². The lowest BCUT2D eigenvalue weighted by molar-refractivity contribution is -0.0517. The van der Waals surface area contributed by atoms with E-state index in [-0.39, 0.29) is 11.7 Å². The summed E-state index contributed by atoms with van der Waals surface area (Å²) >= 11 is 0. The van der Waals surface area contributed by atoms with E-state index in [9.17, 15) is 13.9 Å². The molecule has 0 saturated heterocycles. The number of alkyl halides is 2. The van der Waals surface area contributed by atoms with Crippen molar-refractivity contribution in [3.63, 3.8) is 0 Å². The molecule has 0 bridgehead atoms. The second-order valence-corrected chi connectivity index (χ2v) is 4.40. The van der Waals surface area contributed by atoms with E-state index in [4.69, 9.17) is 0 Å². The Bertz CT molecular complexity index is 549. The third-order valence-electron chi connectivity index (χ3n) is 3.08. The van der Waals surface area contributed by atoms with Gasteiger partial charge in [0.1, 0.15) is 5.75 Å². The van der Waals surface area contributed by atoms with Gasteiger partial charge in [-0.05, 0) is 18.2 Å². The van der Waals surface area contributed by atoms with Gasteiger partial charge in [-0.25, -0.2) is 0 Å². The Balaban J connectivity index is 2.27. The zero-order valence-corrected chi connectivity index (χ0v) is 10.9. The highest BCUT2D eigenvalue weighted by Gasteiger charge is 2.23. The lowest BCUT2D eigenvalue weighted by atomic mass is 9.93. The molecule has 1 heterocycles. The van der Waals surface area contributed by atoms with Crippen LogP contribution in [0.2, 0.25) is 0 Å². The zero-order chi connectivity index (χ0) is 14.5. The van der Waals surface area contributed by atoms with E-state index in [0.29, 0.717) is 11.3 Å². The summed E-state index contributed by atoms with van der Waals surface area (Å²) in [5.74, 6) is -0.351. The Kier molecular flexibility index (Phi) is 4.63. The van der Waals surface area contributed by atoms with Gasteiger partial charge in [0.15, 0.2) is 0 Å². The highest BCUT2D eigenvalue weighted by atomic mass is 19.3. The van der Waals surface area contributed by atoms with E-state index in [2.05, 4.69) is 9.72 Å². The van der Waals surface area contributed by atoms with Crippen molar-refractivity contribution >= 4 is 0 Å². The first-order valence-electron chi connectivity index (χ1n) is 6.22. The summed E-state index contributed by atoms with van der Waals surface area (Å²) in [6, 6.07) is 11.6. The molecule has 0 aliphatic rings. The van der Waals surface area contributed by atoms with Crippen LogP contribution in [-0.4, -0.2) is 16.7 Å². The molecular weight excluding hydrogens is 264 g/mol. The summed E-state index contributed by atoms with van der Waals surface area (Å²) in [7, 11) is 0. The van der Waals surface area contributed by atoms with Crippen LogP contribution in [0.1, 0.15) is 30.2 Å². The molecule has 0 aliphatic carbocycles. The maximum atomic E-state index is 12.4. The first-order chi connectivity index (χ1) is 9.59. The van der Waals surface area contributed by atoms with Crippen molar-refractivity contribution < 1.29 is 18.6 Å². The van der Waals surface area contributed by atoms with Crippen LogP contribution >= 0.6 is 0 Å². The number of benzene rings is 1. The second kappa shape index (κ2) is 6.43. The van der Waals surface area contributed by atoms with E-state index in [1.807, 2.05) is 6.07 Å². The Morgan fingerprint density at radius 3 is 2.45 bits per heavy atom. The molecule has 106 valence electrons. The smallest absolute Gasteiger partial charge is 0.387 e. The highest BCUT2D eigenvalue weighted by molar-refractivity contribution is 5.36. The number of hydrogen-bond acceptors (Lipinski definition) is 3. The largest absolute Gasteiger partial charge is 0.434 e. The van der Waals surface area contributed by atoms with Crippen molar-refractivity contribution in [2.24, 2.45) is 0 Å². The van der Waals surface area contributed by atoms with Crippen molar-refractivity contribution in [2.45, 2.75) is 25.6 Å². The van der Waals surface area contributed by atoms with Gasteiger partial charge in [-0.2, -0.15) is 8.78 Å². The first kappa shape index (κ1) is 14.4. The molecule has 0 radical (unpaired) electrons. The minimum absolute atomic E-state index is 0.0159. The lowest BCUT2D eigenvalue weighted by Crippen LogP contribution is -2.12. The number of halogens is 2. The van der Waals surface area contributed by atoms with Gasteiger partial charge in [0.05, 0.1) is 6.10 Å². The van der Waals surface area contributed by atoms with Gasteiger partial charge in [0.2, 0.25) is 0 Å². The van der Waals surface area contributed by atoms with Gasteiger partial charge < -0.3 is 9.84 Å². The summed E-state index contributed by atoms with van der Waals surface area (Å²) in [5.41, 5.74) is 1.01. The van der Waals surface area contributed by atoms with Crippen molar-refractivity contribution in [3.8, 4) is 5.75 Å². The Hall–Kier alpha value is -2.01. The van der Waals surface area contributed by atoms with Gasteiger partial charge in [-0.1, -0.05) is 31.2 Å². The molecule has 0 spiro atoms. The number of para-hydroxylation sites is 1. The minimum atomic E-state index is -2.92. The molecular formula is C15H15F2NO2. The SMILES string of the molecule is CC(c1ccccn1)C(O)c1ccccc1OC(F)F. The van der Waals surface area contributed by atoms with E-state index in [0.717, 1.165) is 0 Å². The van der Waals surface area contributed by atoms with E-state index < -0.39 is 12.7 Å². The van der Waals surface area contributed by atoms with Crippen molar-refractivity contribution in [1.29, 1.82) is 0 Å². The van der Waals surface area contributed by atoms with Crippen LogP contribution in [0.4, 0.5) is 8.78 Å². The number of aliphatic hydroxyl groups is 1. The summed E-state index contributed by atoms with van der Waals surface area (Å²) in [4.78, 5) is 4.17. The van der Waals surface area contributed by atoms with Crippen LogP contribution in [0.15, 0.2) is 48.7 Å². The maximum Gasteiger partial charge on any atom is 0.387 e. The Morgan fingerprint density at radius 2 is 1.80 bits per heavy atom. The molecule has 0 amide bonds. The number of aromatic nitrogens is 1. The molecule has 1 N–H and O–H groups in total. The van der Waals surface area contributed by atoms with E-state index in [1.165, 1.54) is 6.07 Å². The summed E-state index contributed by atoms with van der Waals surface area (Å²) < 4.78 is 29.2. The molecule has 5 heteroatoms. The zero-order valence-electron chi connectivity index (χ0n) is 10.9. The molecule has 1 aromatic carbocycles. The topological polar surface area (TPSA) is 42.4 Å². The average Bonchev–Trinajstić information content (AvgIpc) is 2.46. The Labute approximate surface area is 115 Å². The molecule has 3 nitrogen and oxygen atoms in total. The van der Waals surface area contributed by atoms with Crippen LogP contribution in [-0.2, 0) is 0 Å². The number of pyridine rings is 1. The number of rotatable bonds is 5. The fraction of sp³-hybridized carbons (Fsp3) is 0.267. The molecule has 0 saturated carbocycles. The normalized spacial score (nSPS) is 14.1. The average molecular weight is 279 g/mol. The molecule has 2 aromatic rings. The monoisotopic (exact) mass is 279 g/mol. The second-order valence-electron chi connectivity index (χ2n) is 4.40. The quantitative estimate of drug-likeness (QED) is 0.910. The summed E-state index contributed by atoms with van der Waals surface area (Å²) in [6.07, 6.45) is 0.653. The molecule has 2 atom stereocenters. The molecule has 0 fully saturated rings. The third kappa shape index (κ3) is 3.30. The Morgan fingerprint density at radius 1 is 1.10 bits per heavy atom. The minimum Gasteiger partial charge on any atom is -0.434 e. The number of hydrogen-bond donors (Lipinski definition) is 1. The fourth-order valence-electron chi connectivity index (χ4n) is 2.00. The van der Waals surface area contributed by atoms with Crippen LogP contribution in [0.5, 0.6) is 5.75 Å². The standard InChI is InChI=1S/C15H15F2NO2/c1-10(12-7-4-5-9-18-12)14(19)11-6-2-3-8-13(11)20-15(16)17/h2-10,14-15,19H,1H3. The lowest BCUT2D eigenvalue weighted by Gasteiger charge is -2.21. The van der Waals surface area contributed by atoms with Crippen LogP contribution < -0.4 is 4.74 Å². The molecule has 1 aromatic heterocycles. The maximum absolute atomic E-state index is 12.4. The highest BCUT2D eigenvalue weighted by Crippen LogP contribution is 2.35. The predicted molar refractivity (Wildman–Crippen MR) is 70.7 cm³/mol. The van der Waals surface area contributed by atoms with Gasteiger partial charge >= 0.3 is 6.61 Å². The van der Waals surface area contributed by atoms with Gasteiger partial charge in [0.25, 0.3) is 0 Å². The van der Waals surface area contributed by atoms with E-state index >= 15 is 0 Å². The van der Waals surface area contributed by atoms with Gasteiger partial charge in [0, 0.05) is 23.4 Å². The molecule has 0 aliphatic heterocycles. The van der Waals surface area contributed by atoms with Crippen LogP contribution in [0, 0.1) is 0 Å². The number of ether oxygens (including phenoxy) is 1. The molecule has 2 rings (SSSR count). The molecule has 2 unspecified atom stereocenters. The van der Waals surface area contributed by atoms with Gasteiger partial charge in [-0.3, -0.25) is 4.98 Å². The van der Waals surface area contributed by atoms with Crippen molar-refractivity contribution in [1.82, 2.24) is 4.98 Å².